The van der Waals surface area contributed by atoms with Gasteiger partial charge in [-0.2, -0.15) is 0 Å². The number of phenolic OH excluding ortho intramolecular Hbond substituents is 2. The van der Waals surface area contributed by atoms with E-state index in [1.54, 1.807) is 0 Å². The van der Waals surface area contributed by atoms with Crippen LogP contribution in [0.1, 0.15) is 101 Å². The van der Waals surface area contributed by atoms with Gasteiger partial charge in [0.2, 0.25) is 0 Å². The summed E-state index contributed by atoms with van der Waals surface area (Å²) in [5.41, 5.74) is 5.65. The Morgan fingerprint density at radius 2 is 1.10 bits per heavy atom. The minimum atomic E-state index is -1.50. The molecule has 0 aliphatic heterocycles. The van der Waals surface area contributed by atoms with E-state index >= 15 is 0 Å². The zero-order chi connectivity index (χ0) is 28.8. The van der Waals surface area contributed by atoms with Crippen LogP contribution in [-0.4, -0.2) is 45.0 Å². The van der Waals surface area contributed by atoms with Gasteiger partial charge in [-0.05, 0) is 71.9 Å². The first-order valence-corrected chi connectivity index (χ1v) is 13.1. The summed E-state index contributed by atoms with van der Waals surface area (Å²) in [4.78, 5) is 18.2. The summed E-state index contributed by atoms with van der Waals surface area (Å²) in [5, 5.41) is 34.9. The molecular weight excluding hydrogens is 541 g/mol. The molecule has 1 fully saturated rings. The standard InChI is InChI=1S/C30H42N2O2.Co.HNO3/c1-19-13-23(29(3,4)5)15-21(27(19)33)17-31-25-11-9-10-12-26(25)32-18-22-16-24(30(6,7)8)14-20(2)28(22)34;;2-1(3)4/h13-18,25-26,33-34H,9-12H2,1-8H3;;(H,2,3,4)/q;+3;. The molecule has 1 saturated carbocycles. The van der Waals surface area contributed by atoms with Gasteiger partial charge in [0.05, 0.1) is 12.1 Å². The first kappa shape index (κ1) is 34.1. The topological polar surface area (TPSA) is 129 Å². The molecule has 2 unspecified atom stereocenters. The van der Waals surface area contributed by atoms with Crippen LogP contribution in [0.25, 0.3) is 0 Å². The summed E-state index contributed by atoms with van der Waals surface area (Å²) >= 11 is 0. The molecule has 0 spiro atoms. The van der Waals surface area contributed by atoms with Gasteiger partial charge in [-0.15, -0.1) is 10.1 Å². The number of hydrogen-bond acceptors (Lipinski definition) is 6. The minimum Gasteiger partial charge on any atom is -0.507 e. The van der Waals surface area contributed by atoms with Crippen LogP contribution < -0.4 is 0 Å². The minimum absolute atomic E-state index is 0. The normalized spacial score (nSPS) is 17.9. The zero-order valence-electron chi connectivity index (χ0n) is 24.3. The van der Waals surface area contributed by atoms with Crippen LogP contribution in [0.2, 0.25) is 0 Å². The van der Waals surface area contributed by atoms with Gasteiger partial charge in [-0.25, -0.2) is 0 Å². The molecule has 2 aromatic carbocycles. The fourth-order valence-corrected chi connectivity index (χ4v) is 4.47. The third kappa shape index (κ3) is 9.96. The van der Waals surface area contributed by atoms with Crippen LogP contribution in [0.5, 0.6) is 11.5 Å². The van der Waals surface area contributed by atoms with E-state index in [0.29, 0.717) is 11.5 Å². The number of hydrogen-bond donors (Lipinski definition) is 3. The van der Waals surface area contributed by atoms with Gasteiger partial charge in [0.25, 0.3) is 5.09 Å². The number of nitrogens with zero attached hydrogens (tertiary/aromatic N) is 3. The molecule has 9 heteroatoms. The van der Waals surface area contributed by atoms with Crippen molar-refractivity contribution in [2.75, 3.05) is 0 Å². The predicted octanol–water partition coefficient (Wildman–Crippen LogP) is 6.81. The summed E-state index contributed by atoms with van der Waals surface area (Å²) in [5.74, 6) is 0.596. The van der Waals surface area contributed by atoms with Crippen LogP contribution in [0.15, 0.2) is 34.3 Å². The summed E-state index contributed by atoms with van der Waals surface area (Å²) in [6.45, 7) is 16.9. The van der Waals surface area contributed by atoms with Gasteiger partial charge in [-0.3, -0.25) is 9.98 Å². The molecule has 39 heavy (non-hydrogen) atoms. The summed E-state index contributed by atoms with van der Waals surface area (Å²) in [6.07, 6.45) is 7.88. The Morgan fingerprint density at radius 3 is 1.38 bits per heavy atom. The SMILES string of the molecule is Cc1cc(C(C)(C)C)cc(C=NC2CCCCC2N=Cc2cc(C(C)(C)C)cc(C)c2O)c1O.O=[N+]([O-])O.[Co+3]. The third-order valence-corrected chi connectivity index (χ3v) is 6.90. The molecule has 1 aliphatic carbocycles. The molecule has 8 nitrogen and oxygen atoms in total. The van der Waals surface area contributed by atoms with E-state index in [9.17, 15) is 10.2 Å². The molecule has 1 aliphatic rings. The number of aliphatic imine (C=N–C) groups is 2. The zero-order valence-corrected chi connectivity index (χ0v) is 25.3. The fourth-order valence-electron chi connectivity index (χ4n) is 4.47. The maximum atomic E-state index is 10.6. The molecule has 0 amide bonds. The van der Waals surface area contributed by atoms with Crippen LogP contribution >= 0.6 is 0 Å². The molecule has 0 saturated heterocycles. The monoisotopic (exact) mass is 584 g/mol. The van der Waals surface area contributed by atoms with Crippen molar-refractivity contribution in [3.8, 4) is 11.5 Å². The van der Waals surface area contributed by atoms with Crippen molar-refractivity contribution in [1.29, 1.82) is 0 Å². The Hall–Kier alpha value is -2.91. The molecular formula is C30H43CoN3O5+3. The van der Waals surface area contributed by atoms with Crippen molar-refractivity contribution in [1.82, 2.24) is 0 Å². The second-order valence-electron chi connectivity index (χ2n) is 12.2. The molecule has 0 heterocycles. The summed E-state index contributed by atoms with van der Waals surface area (Å²) in [7, 11) is 0. The molecule has 0 bridgehead atoms. The van der Waals surface area contributed by atoms with Crippen LogP contribution in [0.4, 0.5) is 0 Å². The van der Waals surface area contributed by atoms with E-state index in [1.165, 1.54) is 11.1 Å². The van der Waals surface area contributed by atoms with Crippen molar-refractivity contribution >= 4 is 12.4 Å². The van der Waals surface area contributed by atoms with E-state index in [0.717, 1.165) is 47.9 Å². The first-order valence-electron chi connectivity index (χ1n) is 13.1. The van der Waals surface area contributed by atoms with Crippen molar-refractivity contribution in [3.63, 3.8) is 0 Å². The van der Waals surface area contributed by atoms with Crippen molar-refractivity contribution < 1.29 is 37.3 Å². The molecule has 214 valence electrons. The van der Waals surface area contributed by atoms with E-state index in [4.69, 9.17) is 25.3 Å². The first-order chi connectivity index (χ1) is 17.5. The van der Waals surface area contributed by atoms with Crippen LogP contribution in [-0.2, 0) is 27.6 Å². The second kappa shape index (κ2) is 13.9. The van der Waals surface area contributed by atoms with E-state index in [1.807, 2.05) is 38.4 Å². The predicted molar refractivity (Wildman–Crippen MR) is 153 cm³/mol. The van der Waals surface area contributed by atoms with E-state index in [2.05, 4.69) is 53.7 Å². The summed E-state index contributed by atoms with van der Waals surface area (Å²) in [6, 6.07) is 8.34. The Bertz CT molecular complexity index is 1110. The number of aryl methyl sites for hydroxylation is 2. The quantitative estimate of drug-likeness (QED) is 0.207. The Labute approximate surface area is 242 Å². The smallest absolute Gasteiger partial charge is 0.507 e. The Morgan fingerprint density at radius 1 is 0.795 bits per heavy atom. The molecule has 0 radical (unpaired) electrons. The van der Waals surface area contributed by atoms with Gasteiger partial charge in [0.15, 0.2) is 0 Å². The van der Waals surface area contributed by atoms with Crippen molar-refractivity contribution in [2.45, 2.75) is 104 Å². The molecule has 3 N–H and O–H groups in total. The number of rotatable bonds is 4. The number of phenols is 2. The average Bonchev–Trinajstić information content (AvgIpc) is 2.79. The average molecular weight is 585 g/mol. The van der Waals surface area contributed by atoms with E-state index in [-0.39, 0.29) is 39.7 Å². The van der Waals surface area contributed by atoms with Crippen molar-refractivity contribution in [3.05, 3.63) is 67.8 Å². The van der Waals surface area contributed by atoms with Crippen molar-refractivity contribution in [2.24, 2.45) is 9.98 Å². The molecule has 3 rings (SSSR count). The number of aromatic hydroxyl groups is 2. The summed E-state index contributed by atoms with van der Waals surface area (Å²) < 4.78 is 0. The van der Waals surface area contributed by atoms with Crippen LogP contribution in [0, 0.1) is 24.0 Å². The van der Waals surface area contributed by atoms with Gasteiger partial charge < -0.3 is 15.4 Å². The second-order valence-corrected chi connectivity index (χ2v) is 12.2. The van der Waals surface area contributed by atoms with E-state index < -0.39 is 5.09 Å². The van der Waals surface area contributed by atoms with Crippen LogP contribution in [0.3, 0.4) is 0 Å². The van der Waals surface area contributed by atoms with Gasteiger partial charge in [0.1, 0.15) is 11.5 Å². The molecule has 2 aromatic rings. The maximum Gasteiger partial charge on any atom is 3.00 e. The largest absolute Gasteiger partial charge is 3.00 e. The van der Waals surface area contributed by atoms with Gasteiger partial charge >= 0.3 is 16.8 Å². The molecule has 0 aromatic heterocycles. The van der Waals surface area contributed by atoms with Gasteiger partial charge in [-0.1, -0.05) is 66.5 Å². The van der Waals surface area contributed by atoms with Gasteiger partial charge in [0, 0.05) is 23.6 Å². The third-order valence-electron chi connectivity index (χ3n) is 6.90. The fraction of sp³-hybridized carbons (Fsp3) is 0.533. The maximum absolute atomic E-state index is 10.6. The number of benzene rings is 2. The Kier molecular flexibility index (Phi) is 12.2. The molecule has 2 atom stereocenters. The Balaban J connectivity index is 0.00000142.